The largest absolute Gasteiger partial charge is 0.289 e. The van der Waals surface area contributed by atoms with Gasteiger partial charge < -0.3 is 0 Å². The molecule has 2 aromatic rings. The summed E-state index contributed by atoms with van der Waals surface area (Å²) >= 11 is 0. The second-order valence-corrected chi connectivity index (χ2v) is 8.44. The van der Waals surface area contributed by atoms with Crippen LogP contribution in [0.3, 0.4) is 0 Å². The van der Waals surface area contributed by atoms with E-state index in [1.165, 1.54) is 24.3 Å². The summed E-state index contributed by atoms with van der Waals surface area (Å²) in [5, 5.41) is 11.3. The molecule has 1 aliphatic rings. The number of sulfone groups is 1. The van der Waals surface area contributed by atoms with Crippen LogP contribution in [0, 0.1) is 10.1 Å². The number of ketones is 1. The maximum Gasteiger partial charge on any atom is 0.273 e. The van der Waals surface area contributed by atoms with Crippen LogP contribution < -0.4 is 0 Å². The number of fused-ring (bicyclic) bond motifs is 1. The number of carbonyl (C=O) groups excluding carboxylic acids is 1. The van der Waals surface area contributed by atoms with Crippen molar-refractivity contribution >= 4 is 27.4 Å². The molecule has 0 atom stereocenters. The molecule has 7 heteroatoms. The molecule has 0 fully saturated rings. The fourth-order valence-electron chi connectivity index (χ4n) is 3.05. The molecule has 2 aromatic carbocycles. The molecule has 3 rings (SSSR count). The Morgan fingerprint density at radius 3 is 2.50 bits per heavy atom. The van der Waals surface area contributed by atoms with Gasteiger partial charge in [-0.05, 0) is 29.7 Å². The first-order valence-corrected chi connectivity index (χ1v) is 9.71. The molecule has 0 radical (unpaired) electrons. The van der Waals surface area contributed by atoms with E-state index in [0.717, 1.165) is 0 Å². The van der Waals surface area contributed by atoms with Gasteiger partial charge in [0.05, 0.1) is 15.6 Å². The van der Waals surface area contributed by atoms with Crippen molar-refractivity contribution < 1.29 is 18.1 Å². The third-order valence-corrected chi connectivity index (χ3v) is 6.04. The molecule has 134 valence electrons. The molecule has 0 unspecified atom stereocenters. The van der Waals surface area contributed by atoms with E-state index in [9.17, 15) is 23.3 Å². The second-order valence-electron chi connectivity index (χ2n) is 6.48. The summed E-state index contributed by atoms with van der Waals surface area (Å²) in [7, 11) is -3.62. The van der Waals surface area contributed by atoms with Gasteiger partial charge in [-0.3, -0.25) is 14.9 Å². The van der Waals surface area contributed by atoms with Gasteiger partial charge in [-0.15, -0.1) is 0 Å². The fraction of sp³-hybridized carbons (Fsp3) is 0.211. The Balaban J connectivity index is 2.11. The minimum absolute atomic E-state index is 0.0272. The van der Waals surface area contributed by atoms with Gasteiger partial charge >= 0.3 is 0 Å². The first-order valence-electron chi connectivity index (χ1n) is 8.06. The van der Waals surface area contributed by atoms with Crippen molar-refractivity contribution in [2.75, 3.05) is 5.75 Å². The molecule has 0 saturated heterocycles. The molecular formula is C19H17NO5S. The van der Waals surface area contributed by atoms with Crippen molar-refractivity contribution in [3.63, 3.8) is 0 Å². The van der Waals surface area contributed by atoms with E-state index in [4.69, 9.17) is 0 Å². The standard InChI is InChI=1S/C19H17NO5S/c1-12(2)15-8-7-13(10-17(15)20(22)23)9-14-11-26(24,25)18-6-4-3-5-16(18)19(14)21/h3-10,12H,11H2,1-2H3. The van der Waals surface area contributed by atoms with Crippen LogP contribution in [-0.4, -0.2) is 24.9 Å². The summed E-state index contributed by atoms with van der Waals surface area (Å²) in [5.41, 5.74) is 1.22. The highest BCUT2D eigenvalue weighted by atomic mass is 32.2. The Morgan fingerprint density at radius 1 is 1.15 bits per heavy atom. The number of nitro groups is 1. The van der Waals surface area contributed by atoms with Gasteiger partial charge in [0, 0.05) is 22.8 Å². The van der Waals surface area contributed by atoms with Gasteiger partial charge in [0.1, 0.15) is 0 Å². The topological polar surface area (TPSA) is 94.3 Å². The van der Waals surface area contributed by atoms with Crippen LogP contribution >= 0.6 is 0 Å². The zero-order valence-electron chi connectivity index (χ0n) is 14.3. The first-order chi connectivity index (χ1) is 12.2. The molecular weight excluding hydrogens is 354 g/mol. The SMILES string of the molecule is CC(C)c1ccc(C=C2CS(=O)(=O)c3ccccc3C2=O)cc1[N+](=O)[O-]. The number of nitro benzene ring substituents is 1. The Kier molecular flexibility index (Phi) is 4.50. The van der Waals surface area contributed by atoms with Crippen molar-refractivity contribution in [3.8, 4) is 0 Å². The Labute approximate surface area is 151 Å². The molecule has 1 heterocycles. The van der Waals surface area contributed by atoms with Crippen molar-refractivity contribution in [2.45, 2.75) is 24.7 Å². The second kappa shape index (κ2) is 6.49. The zero-order chi connectivity index (χ0) is 19.1. The van der Waals surface area contributed by atoms with Gasteiger partial charge in [-0.1, -0.05) is 38.1 Å². The predicted octanol–water partition coefficient (Wildman–Crippen LogP) is 3.77. The highest BCUT2D eigenvalue weighted by Gasteiger charge is 2.32. The van der Waals surface area contributed by atoms with E-state index in [0.29, 0.717) is 11.1 Å². The van der Waals surface area contributed by atoms with Crippen LogP contribution in [-0.2, 0) is 9.84 Å². The summed E-state index contributed by atoms with van der Waals surface area (Å²) in [6.45, 7) is 3.71. The maximum absolute atomic E-state index is 12.6. The lowest BCUT2D eigenvalue weighted by molar-refractivity contribution is -0.385. The average molecular weight is 371 g/mol. The van der Waals surface area contributed by atoms with Gasteiger partial charge in [0.2, 0.25) is 0 Å². The highest BCUT2D eigenvalue weighted by molar-refractivity contribution is 7.91. The number of hydrogen-bond donors (Lipinski definition) is 0. The first kappa shape index (κ1) is 18.0. The minimum Gasteiger partial charge on any atom is -0.289 e. The van der Waals surface area contributed by atoms with Crippen molar-refractivity contribution in [1.29, 1.82) is 0 Å². The van der Waals surface area contributed by atoms with Crippen LogP contribution in [0.1, 0.15) is 41.3 Å². The van der Waals surface area contributed by atoms with Crippen LogP contribution in [0.15, 0.2) is 52.9 Å². The quantitative estimate of drug-likeness (QED) is 0.465. The Morgan fingerprint density at radius 2 is 1.85 bits per heavy atom. The number of nitrogens with zero attached hydrogens (tertiary/aromatic N) is 1. The highest BCUT2D eigenvalue weighted by Crippen LogP contribution is 2.31. The van der Waals surface area contributed by atoms with E-state index in [2.05, 4.69) is 0 Å². The van der Waals surface area contributed by atoms with Gasteiger partial charge in [0.15, 0.2) is 15.6 Å². The van der Waals surface area contributed by atoms with Crippen molar-refractivity contribution in [1.82, 2.24) is 0 Å². The minimum atomic E-state index is -3.62. The van der Waals surface area contributed by atoms with Crippen molar-refractivity contribution in [3.05, 3.63) is 74.8 Å². The number of hydrogen-bond acceptors (Lipinski definition) is 5. The summed E-state index contributed by atoms with van der Waals surface area (Å²) < 4.78 is 24.9. The smallest absolute Gasteiger partial charge is 0.273 e. The van der Waals surface area contributed by atoms with Gasteiger partial charge in [-0.25, -0.2) is 8.42 Å². The third kappa shape index (κ3) is 3.17. The molecule has 1 aliphatic heterocycles. The molecule has 0 spiro atoms. The summed E-state index contributed by atoms with van der Waals surface area (Å²) in [6, 6.07) is 10.8. The normalized spacial score (nSPS) is 17.3. The summed E-state index contributed by atoms with van der Waals surface area (Å²) in [4.78, 5) is 23.5. The zero-order valence-corrected chi connectivity index (χ0v) is 15.1. The third-order valence-electron chi connectivity index (χ3n) is 4.32. The lowest BCUT2D eigenvalue weighted by atomic mass is 9.97. The van der Waals surface area contributed by atoms with Crippen LogP contribution in [0.5, 0.6) is 0 Å². The molecule has 26 heavy (non-hydrogen) atoms. The Hall–Kier alpha value is -2.80. The number of benzene rings is 2. The fourth-order valence-corrected chi connectivity index (χ4v) is 4.61. The summed E-state index contributed by atoms with van der Waals surface area (Å²) in [5.74, 6) is -0.811. The molecule has 0 aliphatic carbocycles. The molecule has 0 aromatic heterocycles. The predicted molar refractivity (Wildman–Crippen MR) is 98.0 cm³/mol. The lowest BCUT2D eigenvalue weighted by Crippen LogP contribution is -2.24. The molecule has 0 amide bonds. The van der Waals surface area contributed by atoms with E-state index in [1.807, 2.05) is 13.8 Å². The number of carbonyl (C=O) groups is 1. The number of rotatable bonds is 3. The van der Waals surface area contributed by atoms with Gasteiger partial charge in [0.25, 0.3) is 5.69 Å². The Bertz CT molecular complexity index is 1050. The van der Waals surface area contributed by atoms with Crippen molar-refractivity contribution in [2.24, 2.45) is 0 Å². The van der Waals surface area contributed by atoms with E-state index in [-0.39, 0.29) is 33.4 Å². The van der Waals surface area contributed by atoms with E-state index in [1.54, 1.807) is 24.3 Å². The molecule has 0 bridgehead atoms. The van der Waals surface area contributed by atoms with Crippen LogP contribution in [0.4, 0.5) is 5.69 Å². The van der Waals surface area contributed by atoms with E-state index < -0.39 is 20.5 Å². The maximum atomic E-state index is 12.6. The molecule has 0 N–H and O–H groups in total. The summed E-state index contributed by atoms with van der Waals surface area (Å²) in [6.07, 6.45) is 1.42. The monoisotopic (exact) mass is 371 g/mol. The number of Topliss-reactive ketones (excluding diaryl/α,β-unsaturated/α-hetero) is 1. The van der Waals surface area contributed by atoms with Gasteiger partial charge in [-0.2, -0.15) is 0 Å². The lowest BCUT2D eigenvalue weighted by Gasteiger charge is -2.17. The van der Waals surface area contributed by atoms with E-state index >= 15 is 0 Å². The average Bonchev–Trinajstić information content (AvgIpc) is 2.59. The molecule has 0 saturated carbocycles. The van der Waals surface area contributed by atoms with Crippen LogP contribution in [0.25, 0.3) is 6.08 Å². The molecule has 6 nitrogen and oxygen atoms in total. The van der Waals surface area contributed by atoms with Crippen LogP contribution in [0.2, 0.25) is 0 Å².